The number of aromatic amines is 1. The quantitative estimate of drug-likeness (QED) is 0.193. The molecule has 0 spiro atoms. The fraction of sp³-hybridized carbons (Fsp3) is 0.188. The van der Waals surface area contributed by atoms with Gasteiger partial charge in [0.1, 0.15) is 5.70 Å². The number of para-hydroxylation sites is 2. The lowest BCUT2D eigenvalue weighted by molar-refractivity contribution is -0.117. The predicted molar refractivity (Wildman–Crippen MR) is 170 cm³/mol. The first kappa shape index (κ1) is 30.4. The van der Waals surface area contributed by atoms with E-state index in [0.29, 0.717) is 40.9 Å². The monoisotopic (exact) mass is 615 g/mol. The van der Waals surface area contributed by atoms with E-state index in [4.69, 9.17) is 9.47 Å². The third-order valence-electron chi connectivity index (χ3n) is 7.21. The number of rotatable bonds is 11. The molecule has 2 heterocycles. The van der Waals surface area contributed by atoms with Gasteiger partial charge in [0.2, 0.25) is 0 Å². The minimum absolute atomic E-state index is 0.0612. The Bertz CT molecular complexity index is 1990. The van der Waals surface area contributed by atoms with Crippen LogP contribution in [0, 0.1) is 0 Å². The number of hydrogen-bond acceptors (Lipinski definition) is 6. The van der Waals surface area contributed by atoms with Gasteiger partial charge in [-0.2, -0.15) is 12.7 Å². The van der Waals surface area contributed by atoms with Crippen molar-refractivity contribution in [1.82, 2.24) is 23.9 Å². The molecule has 0 aliphatic carbocycles. The molecule has 5 aromatic rings. The number of fused-ring (bicyclic) bond motifs is 2. The molecule has 0 bridgehead atoms. The number of aromatic nitrogens is 2. The van der Waals surface area contributed by atoms with E-state index in [-0.39, 0.29) is 11.3 Å². The number of nitrogens with zero attached hydrogens (tertiary/aromatic N) is 2. The number of amides is 2. The summed E-state index contributed by atoms with van der Waals surface area (Å²) in [6.45, 7) is 0.293. The second-order valence-electron chi connectivity index (χ2n) is 10.1. The van der Waals surface area contributed by atoms with E-state index in [2.05, 4.69) is 15.6 Å². The molecule has 3 aromatic carbocycles. The molecule has 44 heavy (non-hydrogen) atoms. The zero-order chi connectivity index (χ0) is 31.4. The number of nitrogens with one attached hydrogen (secondary N) is 3. The second-order valence-corrected chi connectivity index (χ2v) is 12.2. The van der Waals surface area contributed by atoms with Crippen LogP contribution < -0.4 is 20.1 Å². The van der Waals surface area contributed by atoms with E-state index >= 15 is 0 Å². The van der Waals surface area contributed by atoms with E-state index in [1.807, 2.05) is 30.5 Å². The van der Waals surface area contributed by atoms with Gasteiger partial charge in [-0.15, -0.1) is 0 Å². The van der Waals surface area contributed by atoms with Crippen LogP contribution in [0.4, 0.5) is 0 Å². The van der Waals surface area contributed by atoms with Crippen LogP contribution in [0.2, 0.25) is 0 Å². The van der Waals surface area contributed by atoms with Gasteiger partial charge < -0.3 is 25.1 Å². The van der Waals surface area contributed by atoms with Crippen molar-refractivity contribution in [3.63, 3.8) is 0 Å². The highest BCUT2D eigenvalue weighted by Crippen LogP contribution is 2.28. The van der Waals surface area contributed by atoms with Crippen LogP contribution in [0.1, 0.15) is 21.5 Å². The first-order chi connectivity index (χ1) is 21.1. The molecule has 5 rings (SSSR count). The van der Waals surface area contributed by atoms with Crippen LogP contribution in [0.25, 0.3) is 27.9 Å². The summed E-state index contributed by atoms with van der Waals surface area (Å²) in [5.74, 6) is -0.296. The van der Waals surface area contributed by atoms with Gasteiger partial charge >= 0.3 is 10.2 Å². The Morgan fingerprint density at radius 3 is 2.39 bits per heavy atom. The lowest BCUT2D eigenvalue weighted by Crippen LogP contribution is -2.35. The van der Waals surface area contributed by atoms with Crippen LogP contribution in [0.15, 0.2) is 84.8 Å². The van der Waals surface area contributed by atoms with Crippen molar-refractivity contribution in [1.29, 1.82) is 0 Å². The van der Waals surface area contributed by atoms with Crippen molar-refractivity contribution < 1.29 is 27.5 Å². The maximum atomic E-state index is 13.6. The van der Waals surface area contributed by atoms with Crippen molar-refractivity contribution in [2.75, 3.05) is 34.9 Å². The first-order valence-corrected chi connectivity index (χ1v) is 15.1. The largest absolute Gasteiger partial charge is 0.493 e. The van der Waals surface area contributed by atoms with Crippen molar-refractivity contribution in [2.24, 2.45) is 0 Å². The molecular weight excluding hydrogens is 582 g/mol. The zero-order valence-corrected chi connectivity index (χ0v) is 25.6. The number of ether oxygens (including phenoxy) is 2. The van der Waals surface area contributed by atoms with Gasteiger partial charge in [-0.1, -0.05) is 36.4 Å². The normalized spacial score (nSPS) is 12.1. The van der Waals surface area contributed by atoms with Crippen molar-refractivity contribution in [2.45, 2.75) is 6.42 Å². The van der Waals surface area contributed by atoms with E-state index in [9.17, 15) is 18.0 Å². The molecule has 0 aliphatic heterocycles. The van der Waals surface area contributed by atoms with Crippen molar-refractivity contribution in [3.8, 4) is 11.5 Å². The molecule has 2 aromatic heterocycles. The predicted octanol–water partition coefficient (Wildman–Crippen LogP) is 3.92. The van der Waals surface area contributed by atoms with Crippen LogP contribution in [-0.4, -0.2) is 68.4 Å². The highest BCUT2D eigenvalue weighted by molar-refractivity contribution is 7.87. The topological polar surface area (TPSA) is 135 Å². The summed E-state index contributed by atoms with van der Waals surface area (Å²) >= 11 is 0. The molecule has 0 saturated carbocycles. The average Bonchev–Trinajstić information content (AvgIpc) is 3.62. The highest BCUT2D eigenvalue weighted by atomic mass is 32.2. The van der Waals surface area contributed by atoms with E-state index in [1.165, 1.54) is 46.7 Å². The lowest BCUT2D eigenvalue weighted by atomic mass is 10.1. The summed E-state index contributed by atoms with van der Waals surface area (Å²) in [5, 5.41) is 7.26. The summed E-state index contributed by atoms with van der Waals surface area (Å²) in [6.07, 6.45) is 5.37. The first-order valence-electron chi connectivity index (χ1n) is 13.8. The maximum Gasteiger partial charge on any atom is 0.307 e. The zero-order valence-electron chi connectivity index (χ0n) is 24.7. The summed E-state index contributed by atoms with van der Waals surface area (Å²) in [7, 11) is 1.96. The number of methoxy groups -OCH3 is 2. The van der Waals surface area contributed by atoms with Crippen LogP contribution in [-0.2, 0) is 21.4 Å². The molecule has 0 fully saturated rings. The smallest absolute Gasteiger partial charge is 0.307 e. The number of hydrogen-bond donors (Lipinski definition) is 3. The van der Waals surface area contributed by atoms with Gasteiger partial charge in [0.15, 0.2) is 11.5 Å². The van der Waals surface area contributed by atoms with Gasteiger partial charge in [-0.05, 0) is 48.4 Å². The van der Waals surface area contributed by atoms with E-state index in [1.54, 1.807) is 36.4 Å². The molecule has 12 heteroatoms. The minimum atomic E-state index is -3.87. The molecule has 2 amide bonds. The molecule has 3 N–H and O–H groups in total. The van der Waals surface area contributed by atoms with E-state index < -0.39 is 22.0 Å². The summed E-state index contributed by atoms with van der Waals surface area (Å²) in [5.41, 5.74) is 3.07. The fourth-order valence-electron chi connectivity index (χ4n) is 4.89. The highest BCUT2D eigenvalue weighted by Gasteiger charge is 2.22. The Balaban J connectivity index is 1.49. The van der Waals surface area contributed by atoms with Gasteiger partial charge in [0.05, 0.1) is 19.7 Å². The second kappa shape index (κ2) is 12.7. The van der Waals surface area contributed by atoms with Crippen molar-refractivity contribution >= 4 is 49.9 Å². The molecular formula is C32H33N5O6S. The van der Waals surface area contributed by atoms with E-state index in [0.717, 1.165) is 24.7 Å². The van der Waals surface area contributed by atoms with Gasteiger partial charge in [-0.25, -0.2) is 3.97 Å². The average molecular weight is 616 g/mol. The molecule has 0 atom stereocenters. The minimum Gasteiger partial charge on any atom is -0.493 e. The standard InChI is InChI=1S/C32H33N5O6S/c1-36(2)44(40,41)37-20-23(25-10-6-8-12-28(25)37)17-27(35-31(38)21-13-14-29(42-3)30(18-21)43-4)32(39)33-16-15-22-19-34-26-11-7-5-9-24(22)26/h5-14,17-20,34H,15-16H2,1-4H3,(H,33,39)(H,35,38)/b27-17-. The summed E-state index contributed by atoms with van der Waals surface area (Å²) in [6, 6.07) is 19.5. The van der Waals surface area contributed by atoms with Crippen LogP contribution >= 0.6 is 0 Å². The Labute approximate surface area is 255 Å². The third-order valence-corrected chi connectivity index (χ3v) is 8.93. The molecule has 0 saturated heterocycles. The fourth-order valence-corrected chi connectivity index (χ4v) is 5.89. The number of carbonyl (C=O) groups excluding carboxylic acids is 2. The van der Waals surface area contributed by atoms with Crippen molar-refractivity contribution in [3.05, 3.63) is 102 Å². The number of carbonyl (C=O) groups is 2. The number of benzene rings is 3. The molecule has 0 radical (unpaired) electrons. The molecule has 0 aliphatic rings. The maximum absolute atomic E-state index is 13.6. The third kappa shape index (κ3) is 6.03. The summed E-state index contributed by atoms with van der Waals surface area (Å²) < 4.78 is 39.0. The molecule has 11 nitrogen and oxygen atoms in total. The Morgan fingerprint density at radius 2 is 1.66 bits per heavy atom. The Hall–Kier alpha value is -5.07. The van der Waals surface area contributed by atoms with Gasteiger partial charge in [0, 0.05) is 60.4 Å². The molecule has 228 valence electrons. The number of H-pyrrole nitrogens is 1. The van der Waals surface area contributed by atoms with Gasteiger partial charge in [0.25, 0.3) is 11.8 Å². The Morgan fingerprint density at radius 1 is 0.955 bits per heavy atom. The van der Waals surface area contributed by atoms with Gasteiger partial charge in [-0.3, -0.25) is 9.59 Å². The molecule has 0 unspecified atom stereocenters. The Kier molecular flexibility index (Phi) is 8.74. The SMILES string of the molecule is COc1ccc(C(=O)N/C(=C\c2cn(S(=O)(=O)N(C)C)c3ccccc23)C(=O)NCCc2c[nH]c3ccccc23)cc1OC. The lowest BCUT2D eigenvalue weighted by Gasteiger charge is -2.13. The van der Waals surface area contributed by atoms with Crippen LogP contribution in [0.3, 0.4) is 0 Å². The van der Waals surface area contributed by atoms with Crippen LogP contribution in [0.5, 0.6) is 11.5 Å². The summed E-state index contributed by atoms with van der Waals surface area (Å²) in [4.78, 5) is 30.2.